The number of primary amides is 1. The second kappa shape index (κ2) is 11.7. The molecule has 0 atom stereocenters. The van der Waals surface area contributed by atoms with Gasteiger partial charge in [-0.2, -0.15) is 23.8 Å². The average Bonchev–Trinajstić information content (AvgIpc) is 3.53. The minimum Gasteiger partial charge on any atom is -0.378 e. The summed E-state index contributed by atoms with van der Waals surface area (Å²) >= 11 is 0. The zero-order chi connectivity index (χ0) is 26.4. The highest BCUT2D eigenvalue weighted by Crippen LogP contribution is 2.26. The molecule has 2 amide bonds. The molecule has 2 aliphatic rings. The van der Waals surface area contributed by atoms with Crippen molar-refractivity contribution in [1.82, 2.24) is 34.6 Å². The lowest BCUT2D eigenvalue weighted by atomic mass is 9.93. The molecule has 1 saturated carbocycles. The van der Waals surface area contributed by atoms with Crippen molar-refractivity contribution in [3.05, 3.63) is 31.4 Å². The summed E-state index contributed by atoms with van der Waals surface area (Å²) in [7, 11) is 0. The number of hydrogen-bond donors (Lipinski definition) is 3. The lowest BCUT2D eigenvalue weighted by molar-refractivity contribution is -0.120. The number of alkyl halides is 2. The summed E-state index contributed by atoms with van der Waals surface area (Å²) in [6, 6.07) is 0.240. The SMILES string of the molecule is C=CC(N)=O.O=C(CNc1nc(N2CCOCC2)nc2c1ncn2-c1cnn(C(F)F)c1)NC1CCC1. The van der Waals surface area contributed by atoms with Crippen LogP contribution >= 0.6 is 0 Å². The van der Waals surface area contributed by atoms with Crippen LogP contribution in [0, 0.1) is 0 Å². The number of imidazole rings is 1. The number of carbonyl (C=O) groups excluding carboxylic acids is 2. The van der Waals surface area contributed by atoms with E-state index in [1.54, 1.807) is 4.57 Å². The predicted octanol–water partition coefficient (Wildman–Crippen LogP) is 0.982. The Morgan fingerprint density at radius 3 is 2.59 bits per heavy atom. The second-order valence-electron chi connectivity index (χ2n) is 8.37. The van der Waals surface area contributed by atoms with Crippen molar-refractivity contribution < 1.29 is 23.1 Å². The summed E-state index contributed by atoms with van der Waals surface area (Å²) in [5, 5.41) is 9.74. The zero-order valence-corrected chi connectivity index (χ0v) is 20.0. The van der Waals surface area contributed by atoms with Gasteiger partial charge in [-0.05, 0) is 25.3 Å². The third-order valence-electron chi connectivity index (χ3n) is 5.83. The standard InChI is InChI=1S/C19H23F2N9O2.C3H5NO/c20-18(21)30-10-13(8-24-30)29-11-23-15-16(22-9-14(31)25-12-2-1-3-12)26-19(27-17(15)29)28-4-6-32-7-5-28;1-2-3(4)5/h8,10-12,18H,1-7,9H2,(H,25,31)(H,22,26,27);2H,1H2,(H2,4,5). The van der Waals surface area contributed by atoms with E-state index in [4.69, 9.17) is 4.74 Å². The van der Waals surface area contributed by atoms with Crippen molar-refractivity contribution in [3.8, 4) is 5.69 Å². The van der Waals surface area contributed by atoms with E-state index in [2.05, 4.69) is 43.0 Å². The molecule has 15 heteroatoms. The van der Waals surface area contributed by atoms with E-state index in [1.165, 1.54) is 18.7 Å². The fraction of sp³-hybridized carbons (Fsp3) is 0.455. The van der Waals surface area contributed by atoms with Crippen LogP contribution in [-0.4, -0.2) is 80.0 Å². The maximum absolute atomic E-state index is 13.0. The van der Waals surface area contributed by atoms with Crippen LogP contribution in [0.3, 0.4) is 0 Å². The van der Waals surface area contributed by atoms with Gasteiger partial charge in [0, 0.05) is 19.1 Å². The third kappa shape index (κ3) is 6.35. The molecule has 1 aliphatic carbocycles. The number of hydrogen-bond acceptors (Lipinski definition) is 9. The Morgan fingerprint density at radius 1 is 1.27 bits per heavy atom. The monoisotopic (exact) mass is 518 g/mol. The fourth-order valence-electron chi connectivity index (χ4n) is 3.66. The van der Waals surface area contributed by atoms with Gasteiger partial charge in [-0.3, -0.25) is 14.2 Å². The van der Waals surface area contributed by atoms with E-state index in [9.17, 15) is 18.4 Å². The number of nitrogens with zero attached hydrogens (tertiary/aromatic N) is 7. The summed E-state index contributed by atoms with van der Waals surface area (Å²) in [5.41, 5.74) is 5.79. The number of aromatic nitrogens is 6. The summed E-state index contributed by atoms with van der Waals surface area (Å²) in [6.45, 7) is 2.71. The van der Waals surface area contributed by atoms with Crippen molar-refractivity contribution in [3.63, 3.8) is 0 Å². The molecule has 4 heterocycles. The van der Waals surface area contributed by atoms with Crippen LogP contribution in [0.2, 0.25) is 0 Å². The van der Waals surface area contributed by atoms with Gasteiger partial charge < -0.3 is 26.0 Å². The van der Waals surface area contributed by atoms with Crippen LogP contribution in [0.25, 0.3) is 16.9 Å². The number of nitrogens with one attached hydrogen (secondary N) is 2. The molecule has 3 aromatic heterocycles. The van der Waals surface area contributed by atoms with Gasteiger partial charge in [-0.25, -0.2) is 9.67 Å². The highest BCUT2D eigenvalue weighted by atomic mass is 19.3. The maximum atomic E-state index is 13.0. The van der Waals surface area contributed by atoms with E-state index in [0.717, 1.165) is 25.3 Å². The molecule has 0 spiro atoms. The molecule has 1 saturated heterocycles. The van der Waals surface area contributed by atoms with Crippen LogP contribution in [0.5, 0.6) is 0 Å². The molecule has 13 nitrogen and oxygen atoms in total. The summed E-state index contributed by atoms with van der Waals surface area (Å²) < 4.78 is 33.5. The molecular formula is C22H28F2N10O3. The van der Waals surface area contributed by atoms with Crippen LogP contribution in [-0.2, 0) is 14.3 Å². The number of morpholine rings is 1. The van der Waals surface area contributed by atoms with Crippen molar-refractivity contribution in [2.75, 3.05) is 43.1 Å². The van der Waals surface area contributed by atoms with Gasteiger partial charge in [0.25, 0.3) is 0 Å². The Labute approximate surface area is 210 Å². The van der Waals surface area contributed by atoms with Gasteiger partial charge in [-0.1, -0.05) is 6.58 Å². The number of nitrogens with two attached hydrogens (primary N) is 1. The first-order valence-corrected chi connectivity index (χ1v) is 11.7. The molecule has 0 unspecified atom stereocenters. The molecule has 4 N–H and O–H groups in total. The highest BCUT2D eigenvalue weighted by Gasteiger charge is 2.22. The largest absolute Gasteiger partial charge is 0.378 e. The Morgan fingerprint density at radius 2 is 2.00 bits per heavy atom. The van der Waals surface area contributed by atoms with Gasteiger partial charge in [0.1, 0.15) is 6.33 Å². The van der Waals surface area contributed by atoms with Crippen LogP contribution in [0.15, 0.2) is 31.4 Å². The van der Waals surface area contributed by atoms with E-state index in [0.29, 0.717) is 59.6 Å². The number of amides is 2. The number of fused-ring (bicyclic) bond motifs is 1. The van der Waals surface area contributed by atoms with Crippen LogP contribution in [0.1, 0.15) is 25.8 Å². The third-order valence-corrected chi connectivity index (χ3v) is 5.83. The number of halogens is 2. The van der Waals surface area contributed by atoms with Crippen LogP contribution < -0.4 is 21.3 Å². The smallest absolute Gasteiger partial charge is 0.333 e. The highest BCUT2D eigenvalue weighted by molar-refractivity contribution is 5.88. The minimum absolute atomic E-state index is 0.0430. The summed E-state index contributed by atoms with van der Waals surface area (Å²) in [4.78, 5) is 37.4. The first-order valence-electron chi connectivity index (χ1n) is 11.7. The molecule has 37 heavy (non-hydrogen) atoms. The van der Waals surface area contributed by atoms with E-state index in [-0.39, 0.29) is 18.5 Å². The molecule has 5 rings (SSSR count). The molecule has 2 fully saturated rings. The number of rotatable bonds is 8. The minimum atomic E-state index is -2.75. The Kier molecular flexibility index (Phi) is 8.22. The molecular weight excluding hydrogens is 490 g/mol. The van der Waals surface area contributed by atoms with Crippen molar-refractivity contribution in [2.24, 2.45) is 5.73 Å². The predicted molar refractivity (Wildman–Crippen MR) is 130 cm³/mol. The quantitative estimate of drug-likeness (QED) is 0.370. The van der Waals surface area contributed by atoms with Crippen molar-refractivity contribution >= 4 is 34.7 Å². The summed E-state index contributed by atoms with van der Waals surface area (Å²) in [6.07, 6.45) is 8.22. The summed E-state index contributed by atoms with van der Waals surface area (Å²) in [5.74, 6) is 0.253. The van der Waals surface area contributed by atoms with E-state index >= 15 is 0 Å². The first-order chi connectivity index (χ1) is 17.9. The molecule has 3 aromatic rings. The van der Waals surface area contributed by atoms with Crippen LogP contribution in [0.4, 0.5) is 20.5 Å². The lowest BCUT2D eigenvalue weighted by Gasteiger charge is -2.27. The lowest BCUT2D eigenvalue weighted by Crippen LogP contribution is -2.42. The molecule has 0 radical (unpaired) electrons. The Hall–Kier alpha value is -4.14. The van der Waals surface area contributed by atoms with Gasteiger partial charge in [0.05, 0.1) is 37.8 Å². The molecule has 198 valence electrons. The second-order valence-corrected chi connectivity index (χ2v) is 8.37. The van der Waals surface area contributed by atoms with Crippen molar-refractivity contribution in [2.45, 2.75) is 31.9 Å². The van der Waals surface area contributed by atoms with Gasteiger partial charge >= 0.3 is 6.55 Å². The Bertz CT molecular complexity index is 1250. The normalized spacial score (nSPS) is 15.6. The van der Waals surface area contributed by atoms with Gasteiger partial charge in [0.15, 0.2) is 17.0 Å². The maximum Gasteiger partial charge on any atom is 0.333 e. The average molecular weight is 519 g/mol. The Balaban J connectivity index is 0.000000586. The molecule has 1 aliphatic heterocycles. The fourth-order valence-corrected chi connectivity index (χ4v) is 3.66. The number of ether oxygens (including phenoxy) is 1. The van der Waals surface area contributed by atoms with Gasteiger partial charge in [0.2, 0.25) is 17.8 Å². The molecule has 0 bridgehead atoms. The van der Waals surface area contributed by atoms with Gasteiger partial charge in [-0.15, -0.1) is 0 Å². The number of carbonyl (C=O) groups is 2. The van der Waals surface area contributed by atoms with Crippen molar-refractivity contribution in [1.29, 1.82) is 0 Å². The topological polar surface area (TPSA) is 158 Å². The number of anilines is 2. The molecule has 0 aromatic carbocycles. The van der Waals surface area contributed by atoms with E-state index < -0.39 is 12.5 Å². The zero-order valence-electron chi connectivity index (χ0n) is 20.0. The first kappa shape index (κ1) is 25.9. The van der Waals surface area contributed by atoms with E-state index in [1.807, 2.05) is 4.90 Å².